The summed E-state index contributed by atoms with van der Waals surface area (Å²) in [7, 11) is 10.4. The van der Waals surface area contributed by atoms with E-state index in [9.17, 15) is 19.2 Å². The van der Waals surface area contributed by atoms with Gasteiger partial charge in [0.1, 0.15) is 6.04 Å². The zero-order valence-electron chi connectivity index (χ0n) is 33.7. The van der Waals surface area contributed by atoms with Crippen molar-refractivity contribution in [3.63, 3.8) is 0 Å². The fraction of sp³-hybridized carbons (Fsp3) is 0.744. The molecule has 0 saturated carbocycles. The third-order valence-electron chi connectivity index (χ3n) is 11.2. The van der Waals surface area contributed by atoms with Crippen LogP contribution in [-0.2, 0) is 35.1 Å². The molecule has 7 atom stereocenters. The van der Waals surface area contributed by atoms with Crippen molar-refractivity contribution in [2.75, 3.05) is 61.2 Å². The fourth-order valence-electron chi connectivity index (χ4n) is 7.05. The fourth-order valence-corrected chi connectivity index (χ4v) is 7.05. The predicted molar refractivity (Wildman–Crippen MR) is 203 cm³/mol. The Labute approximate surface area is 307 Å². The van der Waals surface area contributed by atoms with Gasteiger partial charge in [0, 0.05) is 47.1 Å². The second kappa shape index (κ2) is 19.6. The molecule has 1 aromatic carbocycles. The second-order valence-electron chi connectivity index (χ2n) is 15.5. The molecule has 12 heteroatoms. The molecule has 2 rings (SSSR count). The number of benzene rings is 1. The van der Waals surface area contributed by atoms with Gasteiger partial charge >= 0.3 is 0 Å². The summed E-state index contributed by atoms with van der Waals surface area (Å²) in [4.78, 5) is 62.3. The van der Waals surface area contributed by atoms with Gasteiger partial charge in [-0.3, -0.25) is 24.1 Å². The number of hydrogen-bond donors (Lipinski definition) is 2. The van der Waals surface area contributed by atoms with Crippen molar-refractivity contribution in [3.8, 4) is 0 Å². The van der Waals surface area contributed by atoms with E-state index in [1.165, 1.54) is 0 Å². The Kier molecular flexibility index (Phi) is 16.9. The van der Waals surface area contributed by atoms with Crippen LogP contribution in [0.25, 0.3) is 0 Å². The van der Waals surface area contributed by atoms with Gasteiger partial charge in [-0.05, 0) is 76.7 Å². The molecule has 3 N–H and O–H groups in total. The molecule has 0 radical (unpaired) electrons. The molecule has 12 nitrogen and oxygen atoms in total. The lowest BCUT2D eigenvalue weighted by molar-refractivity contribution is -0.149. The number of anilines is 1. The Morgan fingerprint density at radius 2 is 1.67 bits per heavy atom. The van der Waals surface area contributed by atoms with Gasteiger partial charge in [0.15, 0.2) is 0 Å². The lowest BCUT2D eigenvalue weighted by Crippen LogP contribution is -2.61. The Morgan fingerprint density at radius 3 is 2.20 bits per heavy atom. The van der Waals surface area contributed by atoms with Crippen LogP contribution >= 0.6 is 0 Å². The number of likely N-dealkylation sites (N-methyl/N-ethyl adjacent to an activating group) is 3. The molecule has 1 saturated heterocycles. The van der Waals surface area contributed by atoms with Crippen molar-refractivity contribution in [2.45, 2.75) is 116 Å². The highest BCUT2D eigenvalue weighted by molar-refractivity contribution is 5.92. The molecule has 0 aliphatic carbocycles. The number of likely N-dealkylation sites (tertiary alicyclic amines) is 1. The monoisotopic (exact) mass is 717 g/mol. The molecule has 51 heavy (non-hydrogen) atoms. The minimum Gasteiger partial charge on any atom is -0.399 e. The summed E-state index contributed by atoms with van der Waals surface area (Å²) in [5.41, 5.74) is 6.87. The number of nitrogens with two attached hydrogens (primary N) is 1. The van der Waals surface area contributed by atoms with Crippen molar-refractivity contribution < 1.29 is 28.7 Å². The lowest BCUT2D eigenvalue weighted by atomic mass is 9.89. The maximum atomic E-state index is 14.1. The first-order chi connectivity index (χ1) is 23.8. The Balaban J connectivity index is 2.24. The van der Waals surface area contributed by atoms with Crippen LogP contribution in [0.15, 0.2) is 24.3 Å². The summed E-state index contributed by atoms with van der Waals surface area (Å²) in [6.07, 6.45) is 1.93. The lowest BCUT2D eigenvalue weighted by Gasteiger charge is -2.41. The van der Waals surface area contributed by atoms with Gasteiger partial charge in [-0.15, -0.1) is 0 Å². The predicted octanol–water partition coefficient (Wildman–Crippen LogP) is 3.67. The number of ether oxygens (including phenoxy) is 2. The number of rotatable bonds is 19. The number of hydrogen-bond acceptors (Lipinski definition) is 8. The van der Waals surface area contributed by atoms with E-state index in [0.717, 1.165) is 24.8 Å². The van der Waals surface area contributed by atoms with E-state index in [2.05, 4.69) is 19.2 Å². The molecule has 4 amide bonds. The van der Waals surface area contributed by atoms with Crippen molar-refractivity contribution >= 4 is 29.3 Å². The SMILES string of the molecule is CC[C@H](C)[C@@H]([C@@H](CC(=O)N1CCCC1[C@H](OC)[C@@H](C)C(=O)N(C)CCc1cccc(N)c1)OC)N(C)C(=O)[C@@H](NC(=O)C(C)(C)N(C)C)C(C)C. The maximum absolute atomic E-state index is 14.1. The average molecular weight is 717 g/mol. The molecule has 0 spiro atoms. The van der Waals surface area contributed by atoms with Crippen LogP contribution in [0, 0.1) is 17.8 Å². The first kappa shape index (κ1) is 43.9. The zero-order chi connectivity index (χ0) is 38.8. The van der Waals surface area contributed by atoms with E-state index >= 15 is 0 Å². The van der Waals surface area contributed by atoms with E-state index in [1.807, 2.05) is 82.8 Å². The number of carbonyl (C=O) groups is 4. The molecular formula is C39H68N6O6. The summed E-state index contributed by atoms with van der Waals surface area (Å²) < 4.78 is 12.0. The highest BCUT2D eigenvalue weighted by atomic mass is 16.5. The van der Waals surface area contributed by atoms with Crippen LogP contribution in [0.3, 0.4) is 0 Å². The van der Waals surface area contributed by atoms with Crippen LogP contribution < -0.4 is 11.1 Å². The van der Waals surface area contributed by atoms with Gasteiger partial charge in [0.2, 0.25) is 23.6 Å². The molecule has 1 aliphatic heterocycles. The molecule has 1 aliphatic rings. The van der Waals surface area contributed by atoms with Gasteiger partial charge in [0.05, 0.1) is 42.2 Å². The van der Waals surface area contributed by atoms with Gasteiger partial charge < -0.3 is 35.2 Å². The smallest absolute Gasteiger partial charge is 0.245 e. The standard InChI is InChI=1S/C39H68N6O6/c1-14-26(4)34(44(11)37(48)33(25(2)3)41-38(49)39(6,7)42(8)9)31(50-12)24-32(46)45-21-16-19-30(45)35(51-13)27(5)36(47)43(10)22-20-28-17-15-18-29(40)23-28/h15,17-18,23,25-27,30-31,33-35H,14,16,19-22,24,40H2,1-13H3,(H,41,49)/t26-,27+,30?,31+,33-,34-,35+/m0/s1. The minimum atomic E-state index is -0.815. The molecular weight excluding hydrogens is 648 g/mol. The van der Waals surface area contributed by atoms with Gasteiger partial charge in [-0.1, -0.05) is 53.2 Å². The van der Waals surface area contributed by atoms with Crippen molar-refractivity contribution in [3.05, 3.63) is 29.8 Å². The molecule has 1 unspecified atom stereocenters. The molecule has 1 aromatic rings. The minimum absolute atomic E-state index is 0.0000336. The van der Waals surface area contributed by atoms with Crippen LogP contribution in [0.5, 0.6) is 0 Å². The first-order valence-corrected chi connectivity index (χ1v) is 18.5. The van der Waals surface area contributed by atoms with Crippen LogP contribution in [0.4, 0.5) is 5.69 Å². The third-order valence-corrected chi connectivity index (χ3v) is 11.2. The number of amides is 4. The Bertz CT molecular complexity index is 1300. The van der Waals surface area contributed by atoms with E-state index < -0.39 is 35.7 Å². The Morgan fingerprint density at radius 1 is 1.02 bits per heavy atom. The van der Waals surface area contributed by atoms with Crippen LogP contribution in [-0.4, -0.2) is 135 Å². The zero-order valence-corrected chi connectivity index (χ0v) is 33.7. The molecule has 1 heterocycles. The third kappa shape index (κ3) is 11.1. The van der Waals surface area contributed by atoms with E-state index in [-0.39, 0.29) is 47.9 Å². The molecule has 0 aromatic heterocycles. The number of nitrogen functional groups attached to an aromatic ring is 1. The van der Waals surface area contributed by atoms with Crippen LogP contribution in [0.2, 0.25) is 0 Å². The summed E-state index contributed by atoms with van der Waals surface area (Å²) in [5, 5.41) is 3.01. The maximum Gasteiger partial charge on any atom is 0.245 e. The van der Waals surface area contributed by atoms with E-state index in [1.54, 1.807) is 38.1 Å². The quantitative estimate of drug-likeness (QED) is 0.207. The van der Waals surface area contributed by atoms with E-state index in [4.69, 9.17) is 15.2 Å². The number of carbonyl (C=O) groups excluding carboxylic acids is 4. The summed E-state index contributed by atoms with van der Waals surface area (Å²) in [6, 6.07) is 6.21. The van der Waals surface area contributed by atoms with Gasteiger partial charge in [-0.25, -0.2) is 0 Å². The summed E-state index contributed by atoms with van der Waals surface area (Å²) in [5.74, 6) is -1.25. The largest absolute Gasteiger partial charge is 0.399 e. The summed E-state index contributed by atoms with van der Waals surface area (Å²) >= 11 is 0. The number of methoxy groups -OCH3 is 2. The highest BCUT2D eigenvalue weighted by Crippen LogP contribution is 2.30. The number of nitrogens with zero attached hydrogens (tertiary/aromatic N) is 4. The van der Waals surface area contributed by atoms with Crippen molar-refractivity contribution in [1.29, 1.82) is 0 Å². The molecule has 0 bridgehead atoms. The Hall–Kier alpha value is -3.22. The van der Waals surface area contributed by atoms with Crippen molar-refractivity contribution in [1.82, 2.24) is 24.9 Å². The summed E-state index contributed by atoms with van der Waals surface area (Å²) in [6.45, 7) is 14.5. The highest BCUT2D eigenvalue weighted by Gasteiger charge is 2.43. The van der Waals surface area contributed by atoms with Gasteiger partial charge in [-0.2, -0.15) is 0 Å². The topological polar surface area (TPSA) is 138 Å². The van der Waals surface area contributed by atoms with E-state index in [0.29, 0.717) is 25.2 Å². The second-order valence-corrected chi connectivity index (χ2v) is 15.5. The average Bonchev–Trinajstić information content (AvgIpc) is 3.57. The van der Waals surface area contributed by atoms with Crippen LogP contribution in [0.1, 0.15) is 79.7 Å². The normalized spacial score (nSPS) is 18.6. The van der Waals surface area contributed by atoms with Crippen molar-refractivity contribution in [2.24, 2.45) is 17.8 Å². The molecule has 1 fully saturated rings. The van der Waals surface area contributed by atoms with Gasteiger partial charge in [0.25, 0.3) is 0 Å². The number of nitrogens with one attached hydrogen (secondary N) is 1. The molecule has 290 valence electrons. The first-order valence-electron chi connectivity index (χ1n) is 18.5.